The number of aryl methyl sites for hydroxylation is 1. The lowest BCUT2D eigenvalue weighted by molar-refractivity contribution is -0.113. The standard InChI is InChI=1S/C24H25FO3S/c1-15-2-3-17(23-13-20(27)12-21(14-26)28-23)10-18(15)11-22-8-9-24(29-22)16-4-6-19(25)7-5-16/h2-10,20-21,23,26-27H,11-14H2,1H3/t20-,21?,23+/m0/s1. The lowest BCUT2D eigenvalue weighted by atomic mass is 9.93. The van der Waals surface area contributed by atoms with Crippen LogP contribution in [-0.4, -0.2) is 29.0 Å². The third-order valence-corrected chi connectivity index (χ3v) is 6.62. The van der Waals surface area contributed by atoms with E-state index < -0.39 is 6.10 Å². The predicted molar refractivity (Wildman–Crippen MR) is 114 cm³/mol. The van der Waals surface area contributed by atoms with Crippen LogP contribution in [0.25, 0.3) is 10.4 Å². The Hall–Kier alpha value is -2.05. The quantitative estimate of drug-likeness (QED) is 0.618. The van der Waals surface area contributed by atoms with Crippen molar-refractivity contribution in [2.45, 2.75) is 44.5 Å². The van der Waals surface area contributed by atoms with Gasteiger partial charge in [0.05, 0.1) is 24.9 Å². The molecule has 0 spiro atoms. The third kappa shape index (κ3) is 4.75. The van der Waals surface area contributed by atoms with E-state index in [9.17, 15) is 14.6 Å². The Balaban J connectivity index is 1.53. The molecule has 1 fully saturated rings. The molecule has 4 rings (SSSR count). The lowest BCUT2D eigenvalue weighted by Gasteiger charge is -2.32. The minimum absolute atomic E-state index is 0.0758. The highest BCUT2D eigenvalue weighted by Gasteiger charge is 2.29. The SMILES string of the molecule is Cc1ccc([C@H]2C[C@@H](O)CC(CO)O2)cc1Cc1ccc(-c2ccc(F)cc2)s1. The van der Waals surface area contributed by atoms with Crippen LogP contribution in [0.3, 0.4) is 0 Å². The molecule has 3 nitrogen and oxygen atoms in total. The molecule has 0 amide bonds. The monoisotopic (exact) mass is 412 g/mol. The maximum absolute atomic E-state index is 13.2. The highest BCUT2D eigenvalue weighted by atomic mass is 32.1. The average Bonchev–Trinajstić information content (AvgIpc) is 3.18. The van der Waals surface area contributed by atoms with Crippen molar-refractivity contribution in [1.29, 1.82) is 0 Å². The summed E-state index contributed by atoms with van der Waals surface area (Å²) in [6, 6.07) is 17.1. The zero-order chi connectivity index (χ0) is 20.4. The van der Waals surface area contributed by atoms with E-state index in [0.29, 0.717) is 12.8 Å². The number of thiophene rings is 1. The molecule has 152 valence electrons. The molecule has 1 saturated heterocycles. The third-order valence-electron chi connectivity index (χ3n) is 5.48. The van der Waals surface area contributed by atoms with Crippen molar-refractivity contribution in [2.75, 3.05) is 6.61 Å². The van der Waals surface area contributed by atoms with Gasteiger partial charge in [-0.05, 0) is 53.4 Å². The molecule has 3 atom stereocenters. The zero-order valence-corrected chi connectivity index (χ0v) is 17.2. The smallest absolute Gasteiger partial charge is 0.123 e. The molecular formula is C24H25FO3S. The van der Waals surface area contributed by atoms with Crippen LogP contribution >= 0.6 is 11.3 Å². The summed E-state index contributed by atoms with van der Waals surface area (Å²) >= 11 is 1.71. The Morgan fingerprint density at radius 3 is 2.62 bits per heavy atom. The van der Waals surface area contributed by atoms with E-state index in [1.54, 1.807) is 23.5 Å². The van der Waals surface area contributed by atoms with E-state index in [-0.39, 0.29) is 24.6 Å². The lowest BCUT2D eigenvalue weighted by Crippen LogP contribution is -2.33. The van der Waals surface area contributed by atoms with Gasteiger partial charge in [-0.1, -0.05) is 30.3 Å². The largest absolute Gasteiger partial charge is 0.394 e. The normalized spacial score (nSPS) is 22.0. The van der Waals surface area contributed by atoms with Crippen LogP contribution < -0.4 is 0 Å². The van der Waals surface area contributed by atoms with Crippen LogP contribution in [0.4, 0.5) is 4.39 Å². The van der Waals surface area contributed by atoms with Crippen LogP contribution in [0.15, 0.2) is 54.6 Å². The summed E-state index contributed by atoms with van der Waals surface area (Å²) < 4.78 is 19.1. The van der Waals surface area contributed by atoms with Gasteiger partial charge >= 0.3 is 0 Å². The minimum atomic E-state index is -0.453. The molecule has 0 aliphatic carbocycles. The first-order valence-corrected chi connectivity index (χ1v) is 10.7. The summed E-state index contributed by atoms with van der Waals surface area (Å²) in [7, 11) is 0. The molecule has 0 bridgehead atoms. The summed E-state index contributed by atoms with van der Waals surface area (Å²) in [5.74, 6) is -0.226. The number of hydrogen-bond donors (Lipinski definition) is 2. The number of aliphatic hydroxyl groups excluding tert-OH is 2. The molecule has 3 aromatic rings. The van der Waals surface area contributed by atoms with Crippen molar-refractivity contribution in [1.82, 2.24) is 0 Å². The Labute approximate surface area is 174 Å². The van der Waals surface area contributed by atoms with Crippen LogP contribution in [-0.2, 0) is 11.2 Å². The molecule has 1 unspecified atom stereocenters. The van der Waals surface area contributed by atoms with Crippen molar-refractivity contribution in [2.24, 2.45) is 0 Å². The molecule has 5 heteroatoms. The Bertz CT molecular complexity index is 967. The maximum atomic E-state index is 13.2. The summed E-state index contributed by atoms with van der Waals surface area (Å²) in [4.78, 5) is 2.36. The Kier molecular flexibility index (Phi) is 6.11. The van der Waals surface area contributed by atoms with Crippen molar-refractivity contribution in [3.05, 3.63) is 82.0 Å². The molecule has 2 aromatic carbocycles. The summed E-state index contributed by atoms with van der Waals surface area (Å²) in [6.45, 7) is 2.02. The Morgan fingerprint density at radius 1 is 1.07 bits per heavy atom. The number of halogens is 1. The number of benzene rings is 2. The van der Waals surface area contributed by atoms with Gasteiger partial charge in [-0.25, -0.2) is 4.39 Å². The minimum Gasteiger partial charge on any atom is -0.394 e. The molecular weight excluding hydrogens is 387 g/mol. The van der Waals surface area contributed by atoms with Gasteiger partial charge in [0.2, 0.25) is 0 Å². The van der Waals surface area contributed by atoms with E-state index >= 15 is 0 Å². The topological polar surface area (TPSA) is 49.7 Å². The van der Waals surface area contributed by atoms with Gasteiger partial charge in [-0.2, -0.15) is 0 Å². The predicted octanol–water partition coefficient (Wildman–Crippen LogP) is 5.03. The van der Waals surface area contributed by atoms with Gasteiger partial charge in [0.1, 0.15) is 5.82 Å². The fraction of sp³-hybridized carbons (Fsp3) is 0.333. The van der Waals surface area contributed by atoms with Crippen molar-refractivity contribution in [3.63, 3.8) is 0 Å². The second-order valence-electron chi connectivity index (χ2n) is 7.69. The summed E-state index contributed by atoms with van der Waals surface area (Å²) in [5, 5.41) is 19.5. The van der Waals surface area contributed by atoms with Crippen molar-refractivity contribution < 1.29 is 19.3 Å². The molecule has 29 heavy (non-hydrogen) atoms. The highest BCUT2D eigenvalue weighted by molar-refractivity contribution is 7.15. The van der Waals surface area contributed by atoms with E-state index in [1.165, 1.54) is 28.1 Å². The van der Waals surface area contributed by atoms with Crippen LogP contribution in [0.5, 0.6) is 0 Å². The van der Waals surface area contributed by atoms with Crippen LogP contribution in [0.1, 0.15) is 40.5 Å². The number of hydrogen-bond acceptors (Lipinski definition) is 4. The first-order chi connectivity index (χ1) is 14.0. The molecule has 2 N–H and O–H groups in total. The number of aliphatic hydroxyl groups is 2. The van der Waals surface area contributed by atoms with Crippen LogP contribution in [0, 0.1) is 12.7 Å². The molecule has 0 radical (unpaired) electrons. The van der Waals surface area contributed by atoms with E-state index in [4.69, 9.17) is 4.74 Å². The van der Waals surface area contributed by atoms with Gasteiger partial charge in [0.15, 0.2) is 0 Å². The fourth-order valence-corrected chi connectivity index (χ4v) is 4.87. The molecule has 1 aliphatic rings. The molecule has 1 aliphatic heterocycles. The Morgan fingerprint density at radius 2 is 1.86 bits per heavy atom. The zero-order valence-electron chi connectivity index (χ0n) is 16.3. The second-order valence-corrected chi connectivity index (χ2v) is 8.86. The number of ether oxygens (including phenoxy) is 1. The van der Waals surface area contributed by atoms with Gasteiger partial charge in [0.25, 0.3) is 0 Å². The van der Waals surface area contributed by atoms with Gasteiger partial charge in [0, 0.05) is 29.0 Å². The van der Waals surface area contributed by atoms with Crippen molar-refractivity contribution >= 4 is 11.3 Å². The van der Waals surface area contributed by atoms with Gasteiger partial charge < -0.3 is 14.9 Å². The second kappa shape index (κ2) is 8.76. The first kappa shape index (κ1) is 20.2. The summed E-state index contributed by atoms with van der Waals surface area (Å²) in [5.41, 5.74) is 4.49. The average molecular weight is 413 g/mol. The molecule has 1 aromatic heterocycles. The maximum Gasteiger partial charge on any atom is 0.123 e. The number of rotatable bonds is 5. The van der Waals surface area contributed by atoms with Gasteiger partial charge in [-0.15, -0.1) is 11.3 Å². The van der Waals surface area contributed by atoms with Crippen LogP contribution in [0.2, 0.25) is 0 Å². The van der Waals surface area contributed by atoms with E-state index in [2.05, 4.69) is 31.2 Å². The summed E-state index contributed by atoms with van der Waals surface area (Å²) in [6.07, 6.45) is 0.868. The van der Waals surface area contributed by atoms with E-state index in [0.717, 1.165) is 22.4 Å². The van der Waals surface area contributed by atoms with Crippen molar-refractivity contribution in [3.8, 4) is 10.4 Å². The molecule has 2 heterocycles. The molecule has 0 saturated carbocycles. The highest BCUT2D eigenvalue weighted by Crippen LogP contribution is 2.34. The first-order valence-electron chi connectivity index (χ1n) is 9.90. The van der Waals surface area contributed by atoms with E-state index in [1.807, 2.05) is 6.07 Å². The van der Waals surface area contributed by atoms with Gasteiger partial charge in [-0.3, -0.25) is 0 Å². The fourth-order valence-electron chi connectivity index (χ4n) is 3.83.